The molecule has 0 saturated heterocycles. The highest BCUT2D eigenvalue weighted by atomic mass is 35.5. The molecule has 2 heterocycles. The summed E-state index contributed by atoms with van der Waals surface area (Å²) >= 11 is 7.54. The molecule has 1 aliphatic heterocycles. The highest BCUT2D eigenvalue weighted by Gasteiger charge is 2.39. The van der Waals surface area contributed by atoms with Gasteiger partial charge in [-0.15, -0.1) is 10.2 Å². The van der Waals surface area contributed by atoms with Crippen LogP contribution in [-0.4, -0.2) is 44.0 Å². The molecular weight excluding hydrogens is 406 g/mol. The maximum Gasteiger partial charge on any atom is 0.238 e. The molecule has 1 aromatic heterocycles. The zero-order chi connectivity index (χ0) is 20.4. The lowest BCUT2D eigenvalue weighted by atomic mass is 10.0. The maximum absolute atomic E-state index is 13.3. The Balaban J connectivity index is 1.76. The largest absolute Gasteiger partial charge is 0.342 e. The van der Waals surface area contributed by atoms with E-state index in [2.05, 4.69) is 15.6 Å². The number of nitrogens with one attached hydrogen (secondary N) is 1. The summed E-state index contributed by atoms with van der Waals surface area (Å²) in [6, 6.07) is 17.3. The van der Waals surface area contributed by atoms with Gasteiger partial charge in [-0.1, -0.05) is 65.8 Å². The minimum Gasteiger partial charge on any atom is -0.342 e. The molecule has 0 radical (unpaired) electrons. The molecule has 1 aliphatic rings. The SMILES string of the molecule is CCN(CC)C(=O)[C@H]1Sc2nnc(-c3ccccc3)n2N[C@H]1c1ccc(Cl)cc1. The topological polar surface area (TPSA) is 63.1 Å². The molecular formula is C21H22ClN5OS. The number of hydrogen-bond acceptors (Lipinski definition) is 5. The number of rotatable bonds is 5. The standard InChI is InChI=1S/C21H22ClN5OS/c1-3-26(4-2)20(28)18-17(14-10-12-16(22)13-11-14)25-27-19(23-24-21(27)29-18)15-8-6-5-7-9-15/h5-13,17-18,25H,3-4H2,1-2H3/t17-,18-/m0/s1. The summed E-state index contributed by atoms with van der Waals surface area (Å²) in [6.45, 7) is 5.33. The lowest BCUT2D eigenvalue weighted by molar-refractivity contribution is -0.130. The minimum atomic E-state index is -0.351. The van der Waals surface area contributed by atoms with E-state index in [-0.39, 0.29) is 17.2 Å². The molecule has 0 saturated carbocycles. The molecule has 3 aromatic rings. The van der Waals surface area contributed by atoms with Gasteiger partial charge in [-0.05, 0) is 31.5 Å². The van der Waals surface area contributed by atoms with Crippen molar-refractivity contribution in [2.75, 3.05) is 18.5 Å². The van der Waals surface area contributed by atoms with E-state index in [0.717, 1.165) is 17.0 Å². The molecule has 0 spiro atoms. The maximum atomic E-state index is 13.3. The molecule has 0 unspecified atom stereocenters. The normalized spacial score (nSPS) is 18.0. The van der Waals surface area contributed by atoms with Crippen molar-refractivity contribution in [2.24, 2.45) is 0 Å². The number of aromatic nitrogens is 3. The number of halogens is 1. The third-order valence-electron chi connectivity index (χ3n) is 5.02. The number of carbonyl (C=O) groups excluding carboxylic acids is 1. The summed E-state index contributed by atoms with van der Waals surface area (Å²) in [7, 11) is 0. The Morgan fingerprint density at radius 2 is 1.79 bits per heavy atom. The van der Waals surface area contributed by atoms with Gasteiger partial charge in [0.1, 0.15) is 5.25 Å². The molecule has 2 aromatic carbocycles. The van der Waals surface area contributed by atoms with Crippen LogP contribution in [0.1, 0.15) is 25.5 Å². The van der Waals surface area contributed by atoms with E-state index in [1.54, 1.807) is 0 Å². The highest BCUT2D eigenvalue weighted by Crippen LogP contribution is 2.39. The molecule has 1 N–H and O–H groups in total. The molecule has 8 heteroatoms. The highest BCUT2D eigenvalue weighted by molar-refractivity contribution is 8.00. The Bertz CT molecular complexity index is 988. The number of amides is 1. The van der Waals surface area contributed by atoms with E-state index in [9.17, 15) is 4.79 Å². The Morgan fingerprint density at radius 3 is 2.45 bits per heavy atom. The fourth-order valence-electron chi connectivity index (χ4n) is 3.45. The number of hydrogen-bond donors (Lipinski definition) is 1. The third-order valence-corrected chi connectivity index (χ3v) is 6.47. The summed E-state index contributed by atoms with van der Waals surface area (Å²) in [6.07, 6.45) is 0. The van der Waals surface area contributed by atoms with Crippen molar-refractivity contribution in [1.82, 2.24) is 19.8 Å². The second-order valence-corrected chi connectivity index (χ2v) is 8.26. The average Bonchev–Trinajstić information content (AvgIpc) is 3.18. The fourth-order valence-corrected chi connectivity index (χ4v) is 4.74. The molecule has 2 atom stereocenters. The zero-order valence-corrected chi connectivity index (χ0v) is 17.8. The number of nitrogens with zero attached hydrogens (tertiary/aromatic N) is 4. The van der Waals surface area contributed by atoms with Crippen molar-refractivity contribution in [1.29, 1.82) is 0 Å². The minimum absolute atomic E-state index is 0.0861. The Morgan fingerprint density at radius 1 is 1.10 bits per heavy atom. The van der Waals surface area contributed by atoms with Crippen molar-refractivity contribution in [2.45, 2.75) is 30.3 Å². The van der Waals surface area contributed by atoms with Gasteiger partial charge >= 0.3 is 0 Å². The summed E-state index contributed by atoms with van der Waals surface area (Å²) in [5, 5.41) is 9.71. The van der Waals surface area contributed by atoms with Crippen LogP contribution in [0, 0.1) is 0 Å². The number of fused-ring (bicyclic) bond motifs is 1. The van der Waals surface area contributed by atoms with E-state index in [1.807, 2.05) is 78.0 Å². The van der Waals surface area contributed by atoms with Gasteiger partial charge in [-0.25, -0.2) is 4.68 Å². The second kappa shape index (κ2) is 8.47. The number of benzene rings is 2. The van der Waals surface area contributed by atoms with Crippen molar-refractivity contribution in [3.8, 4) is 11.4 Å². The van der Waals surface area contributed by atoms with Gasteiger partial charge in [0.05, 0.1) is 6.04 Å². The first kappa shape index (κ1) is 19.8. The monoisotopic (exact) mass is 427 g/mol. The fraction of sp³-hybridized carbons (Fsp3) is 0.286. The van der Waals surface area contributed by atoms with Crippen LogP contribution in [0.3, 0.4) is 0 Å². The third kappa shape index (κ3) is 3.84. The van der Waals surface area contributed by atoms with Crippen molar-refractivity contribution in [3.05, 3.63) is 65.2 Å². The lowest BCUT2D eigenvalue weighted by Crippen LogP contribution is -2.46. The molecule has 0 fully saturated rings. The number of thioether (sulfide) groups is 1. The van der Waals surface area contributed by atoms with Crippen LogP contribution in [0.2, 0.25) is 5.02 Å². The van der Waals surface area contributed by atoms with Crippen LogP contribution >= 0.6 is 23.4 Å². The first-order chi connectivity index (χ1) is 14.1. The van der Waals surface area contributed by atoms with Gasteiger partial charge in [-0.2, -0.15) is 0 Å². The molecule has 29 heavy (non-hydrogen) atoms. The Hall–Kier alpha value is -2.51. The molecule has 6 nitrogen and oxygen atoms in total. The van der Waals surface area contributed by atoms with E-state index < -0.39 is 0 Å². The van der Waals surface area contributed by atoms with Crippen LogP contribution in [0.15, 0.2) is 59.8 Å². The van der Waals surface area contributed by atoms with Crippen molar-refractivity contribution >= 4 is 29.3 Å². The summed E-state index contributed by atoms with van der Waals surface area (Å²) in [5.41, 5.74) is 5.45. The van der Waals surface area contributed by atoms with Crippen LogP contribution in [0.5, 0.6) is 0 Å². The van der Waals surface area contributed by atoms with Crippen molar-refractivity contribution in [3.63, 3.8) is 0 Å². The first-order valence-electron chi connectivity index (χ1n) is 9.60. The predicted molar refractivity (Wildman–Crippen MR) is 117 cm³/mol. The molecule has 1 amide bonds. The summed E-state index contributed by atoms with van der Waals surface area (Å²) in [4.78, 5) is 15.1. The van der Waals surface area contributed by atoms with Gasteiger partial charge in [-0.3, -0.25) is 4.79 Å². The zero-order valence-electron chi connectivity index (χ0n) is 16.2. The van der Waals surface area contributed by atoms with E-state index in [0.29, 0.717) is 23.3 Å². The first-order valence-corrected chi connectivity index (χ1v) is 10.9. The predicted octanol–water partition coefficient (Wildman–Crippen LogP) is 4.23. The van der Waals surface area contributed by atoms with Crippen LogP contribution in [0.4, 0.5) is 0 Å². The lowest BCUT2D eigenvalue weighted by Gasteiger charge is -2.35. The van der Waals surface area contributed by atoms with Crippen LogP contribution in [0.25, 0.3) is 11.4 Å². The van der Waals surface area contributed by atoms with E-state index >= 15 is 0 Å². The quantitative estimate of drug-likeness (QED) is 0.660. The van der Waals surface area contributed by atoms with Crippen molar-refractivity contribution < 1.29 is 4.79 Å². The second-order valence-electron chi connectivity index (χ2n) is 6.71. The van der Waals surface area contributed by atoms with E-state index in [1.165, 1.54) is 11.8 Å². The van der Waals surface area contributed by atoms with E-state index in [4.69, 9.17) is 11.6 Å². The van der Waals surface area contributed by atoms with Gasteiger partial charge < -0.3 is 10.3 Å². The molecule has 150 valence electrons. The molecule has 4 rings (SSSR count). The summed E-state index contributed by atoms with van der Waals surface area (Å²) < 4.78 is 1.88. The van der Waals surface area contributed by atoms with Gasteiger partial charge in [0, 0.05) is 23.7 Å². The molecule has 0 aliphatic carbocycles. The summed E-state index contributed by atoms with van der Waals surface area (Å²) in [5.74, 6) is 0.809. The number of carbonyl (C=O) groups is 1. The van der Waals surface area contributed by atoms with Gasteiger partial charge in [0.25, 0.3) is 0 Å². The van der Waals surface area contributed by atoms with Gasteiger partial charge in [0.2, 0.25) is 11.1 Å². The average molecular weight is 428 g/mol. The molecule has 0 bridgehead atoms. The van der Waals surface area contributed by atoms with Crippen LogP contribution in [-0.2, 0) is 4.79 Å². The Labute approximate surface area is 179 Å². The van der Waals surface area contributed by atoms with Gasteiger partial charge in [0.15, 0.2) is 5.82 Å². The Kier molecular flexibility index (Phi) is 5.78. The van der Waals surface area contributed by atoms with Crippen LogP contribution < -0.4 is 5.43 Å². The smallest absolute Gasteiger partial charge is 0.238 e.